The van der Waals surface area contributed by atoms with E-state index in [1.165, 1.54) is 24.2 Å². The molecule has 0 fully saturated rings. The fourth-order valence-electron chi connectivity index (χ4n) is 2.53. The molecule has 3 heteroatoms. The lowest BCUT2D eigenvalue weighted by atomic mass is 10.1. The average Bonchev–Trinajstić information content (AvgIpc) is 2.73. The predicted molar refractivity (Wildman–Crippen MR) is 81.2 cm³/mol. The summed E-state index contributed by atoms with van der Waals surface area (Å²) in [6, 6.07) is 8.75. The van der Waals surface area contributed by atoms with Gasteiger partial charge in [0.2, 0.25) is 0 Å². The molecule has 0 bridgehead atoms. The Bertz CT molecular complexity index is 514. The zero-order valence-corrected chi connectivity index (χ0v) is 12.1. The first kappa shape index (κ1) is 14.1. The number of imidazole rings is 1. The van der Waals surface area contributed by atoms with E-state index in [0.29, 0.717) is 6.04 Å². The first-order chi connectivity index (χ1) is 9.22. The number of benzene rings is 1. The number of hydrogen-bond acceptors (Lipinski definition) is 2. The van der Waals surface area contributed by atoms with Crippen molar-refractivity contribution in [3.05, 3.63) is 30.1 Å². The third-order valence-corrected chi connectivity index (χ3v) is 3.50. The van der Waals surface area contributed by atoms with Crippen LogP contribution in [0.5, 0.6) is 0 Å². The Morgan fingerprint density at radius 1 is 1.26 bits per heavy atom. The highest BCUT2D eigenvalue weighted by Gasteiger charge is 2.09. The SMILES string of the molecule is CCCc1nc2ccccc2n1CCCCC(C)N. The Kier molecular flexibility index (Phi) is 4.97. The summed E-state index contributed by atoms with van der Waals surface area (Å²) in [5.74, 6) is 1.23. The molecule has 0 aliphatic carbocycles. The molecule has 2 N–H and O–H groups in total. The van der Waals surface area contributed by atoms with Crippen molar-refractivity contribution in [3.63, 3.8) is 0 Å². The van der Waals surface area contributed by atoms with Gasteiger partial charge in [0.05, 0.1) is 11.0 Å². The lowest BCUT2D eigenvalue weighted by molar-refractivity contribution is 0.543. The molecule has 1 atom stereocenters. The second-order valence-corrected chi connectivity index (χ2v) is 5.39. The minimum atomic E-state index is 0.314. The molecule has 0 spiro atoms. The number of fused-ring (bicyclic) bond motifs is 1. The monoisotopic (exact) mass is 259 g/mol. The molecule has 0 radical (unpaired) electrons. The van der Waals surface area contributed by atoms with Crippen molar-refractivity contribution >= 4 is 11.0 Å². The Labute approximate surface area is 115 Å². The highest BCUT2D eigenvalue weighted by Crippen LogP contribution is 2.18. The van der Waals surface area contributed by atoms with Crippen LogP contribution in [0.3, 0.4) is 0 Å². The van der Waals surface area contributed by atoms with E-state index in [1.54, 1.807) is 0 Å². The van der Waals surface area contributed by atoms with E-state index >= 15 is 0 Å². The number of hydrogen-bond donors (Lipinski definition) is 1. The summed E-state index contributed by atoms with van der Waals surface area (Å²) in [6.45, 7) is 5.34. The second-order valence-electron chi connectivity index (χ2n) is 5.39. The summed E-state index contributed by atoms with van der Waals surface area (Å²) in [6.07, 6.45) is 5.68. The molecule has 0 aliphatic heterocycles. The van der Waals surface area contributed by atoms with Gasteiger partial charge in [0, 0.05) is 19.0 Å². The summed E-state index contributed by atoms with van der Waals surface area (Å²) in [7, 11) is 0. The van der Waals surface area contributed by atoms with Gasteiger partial charge in [-0.15, -0.1) is 0 Å². The molecule has 0 amide bonds. The standard InChI is InChI=1S/C16H25N3/c1-3-8-16-18-14-10-4-5-11-15(14)19(16)12-7-6-9-13(2)17/h4-5,10-11,13H,3,6-9,12,17H2,1-2H3. The van der Waals surface area contributed by atoms with Gasteiger partial charge >= 0.3 is 0 Å². The van der Waals surface area contributed by atoms with Gasteiger partial charge in [-0.1, -0.05) is 25.5 Å². The van der Waals surface area contributed by atoms with Crippen LogP contribution in [0, 0.1) is 0 Å². The van der Waals surface area contributed by atoms with Gasteiger partial charge in [0.15, 0.2) is 0 Å². The Morgan fingerprint density at radius 3 is 2.79 bits per heavy atom. The molecule has 0 saturated heterocycles. The number of aromatic nitrogens is 2. The van der Waals surface area contributed by atoms with Gasteiger partial charge in [-0.3, -0.25) is 0 Å². The zero-order chi connectivity index (χ0) is 13.7. The number of rotatable bonds is 7. The van der Waals surface area contributed by atoms with E-state index < -0.39 is 0 Å². The van der Waals surface area contributed by atoms with Crippen molar-refractivity contribution in [3.8, 4) is 0 Å². The van der Waals surface area contributed by atoms with E-state index in [-0.39, 0.29) is 0 Å². The molecule has 104 valence electrons. The van der Waals surface area contributed by atoms with Crippen molar-refractivity contribution in [2.24, 2.45) is 5.73 Å². The highest BCUT2D eigenvalue weighted by molar-refractivity contribution is 5.75. The quantitative estimate of drug-likeness (QED) is 0.773. The van der Waals surface area contributed by atoms with Crippen LogP contribution in [-0.2, 0) is 13.0 Å². The summed E-state index contributed by atoms with van der Waals surface area (Å²) in [5, 5.41) is 0. The fraction of sp³-hybridized carbons (Fsp3) is 0.562. The lowest BCUT2D eigenvalue weighted by Crippen LogP contribution is -2.14. The fourth-order valence-corrected chi connectivity index (χ4v) is 2.53. The van der Waals surface area contributed by atoms with Gasteiger partial charge in [0.25, 0.3) is 0 Å². The largest absolute Gasteiger partial charge is 0.328 e. The maximum Gasteiger partial charge on any atom is 0.109 e. The van der Waals surface area contributed by atoms with Crippen molar-refractivity contribution in [2.75, 3.05) is 0 Å². The molecule has 2 rings (SSSR count). The van der Waals surface area contributed by atoms with Gasteiger partial charge in [-0.05, 0) is 38.3 Å². The molecular formula is C16H25N3. The second kappa shape index (κ2) is 6.71. The molecule has 1 heterocycles. The predicted octanol–water partition coefficient (Wildman–Crippen LogP) is 3.51. The van der Waals surface area contributed by atoms with E-state index in [9.17, 15) is 0 Å². The van der Waals surface area contributed by atoms with Crippen molar-refractivity contribution in [1.29, 1.82) is 0 Å². The molecule has 1 unspecified atom stereocenters. The molecular weight excluding hydrogens is 234 g/mol. The molecule has 1 aromatic carbocycles. The van der Waals surface area contributed by atoms with Crippen LogP contribution in [0.15, 0.2) is 24.3 Å². The van der Waals surface area contributed by atoms with Gasteiger partial charge in [-0.25, -0.2) is 4.98 Å². The number of nitrogens with two attached hydrogens (primary N) is 1. The van der Waals surface area contributed by atoms with E-state index in [4.69, 9.17) is 10.7 Å². The maximum absolute atomic E-state index is 5.80. The van der Waals surface area contributed by atoms with Crippen molar-refractivity contribution in [1.82, 2.24) is 9.55 Å². The topological polar surface area (TPSA) is 43.8 Å². The summed E-state index contributed by atoms with van der Waals surface area (Å²) in [5.41, 5.74) is 8.19. The third-order valence-electron chi connectivity index (χ3n) is 3.50. The van der Waals surface area contributed by atoms with Gasteiger partial charge in [0.1, 0.15) is 5.82 Å². The average molecular weight is 259 g/mol. The number of aryl methyl sites for hydroxylation is 2. The molecule has 2 aromatic rings. The molecule has 3 nitrogen and oxygen atoms in total. The van der Waals surface area contributed by atoms with Crippen molar-refractivity contribution in [2.45, 2.75) is 58.5 Å². The van der Waals surface area contributed by atoms with Crippen LogP contribution in [0.2, 0.25) is 0 Å². The number of nitrogens with zero attached hydrogens (tertiary/aromatic N) is 2. The van der Waals surface area contributed by atoms with E-state index in [2.05, 4.69) is 42.7 Å². The van der Waals surface area contributed by atoms with Gasteiger partial charge < -0.3 is 10.3 Å². The minimum Gasteiger partial charge on any atom is -0.328 e. The van der Waals surface area contributed by atoms with Crippen LogP contribution >= 0.6 is 0 Å². The Hall–Kier alpha value is -1.35. The van der Waals surface area contributed by atoms with Crippen molar-refractivity contribution < 1.29 is 0 Å². The maximum atomic E-state index is 5.80. The van der Waals surface area contributed by atoms with E-state index in [1.807, 2.05) is 0 Å². The first-order valence-electron chi connectivity index (χ1n) is 7.42. The third kappa shape index (κ3) is 3.57. The highest BCUT2D eigenvalue weighted by atomic mass is 15.1. The van der Waals surface area contributed by atoms with Crippen LogP contribution in [0.25, 0.3) is 11.0 Å². The zero-order valence-electron chi connectivity index (χ0n) is 12.1. The Balaban J connectivity index is 2.12. The van der Waals surface area contributed by atoms with Gasteiger partial charge in [-0.2, -0.15) is 0 Å². The van der Waals surface area contributed by atoms with E-state index in [0.717, 1.165) is 31.3 Å². The van der Waals surface area contributed by atoms with Crippen LogP contribution in [0.4, 0.5) is 0 Å². The Morgan fingerprint density at radius 2 is 2.05 bits per heavy atom. The minimum absolute atomic E-state index is 0.314. The molecule has 0 saturated carbocycles. The smallest absolute Gasteiger partial charge is 0.109 e. The summed E-state index contributed by atoms with van der Waals surface area (Å²) < 4.78 is 2.39. The molecule has 1 aromatic heterocycles. The number of unbranched alkanes of at least 4 members (excludes halogenated alkanes) is 1. The molecule has 0 aliphatic rings. The lowest BCUT2D eigenvalue weighted by Gasteiger charge is -2.09. The number of para-hydroxylation sites is 2. The summed E-state index contributed by atoms with van der Waals surface area (Å²) in [4.78, 5) is 4.75. The first-order valence-corrected chi connectivity index (χ1v) is 7.42. The van der Waals surface area contributed by atoms with Crippen LogP contribution in [-0.4, -0.2) is 15.6 Å². The molecule has 19 heavy (non-hydrogen) atoms. The summed E-state index contributed by atoms with van der Waals surface area (Å²) >= 11 is 0. The normalized spacial score (nSPS) is 13.0. The van der Waals surface area contributed by atoms with Crippen LogP contribution in [0.1, 0.15) is 45.4 Å². The van der Waals surface area contributed by atoms with Crippen LogP contribution < -0.4 is 5.73 Å².